The predicted octanol–water partition coefficient (Wildman–Crippen LogP) is 4.05. The first-order chi connectivity index (χ1) is 9.78. The van der Waals surface area contributed by atoms with E-state index in [0.717, 1.165) is 22.6 Å². The van der Waals surface area contributed by atoms with Gasteiger partial charge in [0.15, 0.2) is 5.78 Å². The number of nitrogens with zero attached hydrogens (tertiary/aromatic N) is 2. The lowest BCUT2D eigenvalue weighted by molar-refractivity contribution is 0.0994. The number of rotatable bonds is 5. The maximum atomic E-state index is 12.3. The summed E-state index contributed by atoms with van der Waals surface area (Å²) in [7, 11) is 0. The van der Waals surface area contributed by atoms with Gasteiger partial charge in [0, 0.05) is 6.20 Å². The van der Waals surface area contributed by atoms with Crippen LogP contribution in [0.1, 0.15) is 59.6 Å². The highest BCUT2D eigenvalue weighted by Crippen LogP contribution is 2.29. The summed E-state index contributed by atoms with van der Waals surface area (Å²) in [5.74, 6) is 0.202. The summed E-state index contributed by atoms with van der Waals surface area (Å²) in [6, 6.07) is 4.59. The molecule has 106 valence electrons. The normalized spacial score (nSPS) is 15.8. The number of aryl methyl sites for hydroxylation is 1. The standard InChI is InChI=1S/C16H20N2OS/c1-2-12-8-10-20-16(12)15(19)11-13-7-9-18(17-13)14-5-3-4-6-14/h7-10,14H,2-6,11H2,1H3. The van der Waals surface area contributed by atoms with E-state index in [0.29, 0.717) is 12.5 Å². The first kappa shape index (κ1) is 13.6. The zero-order valence-electron chi connectivity index (χ0n) is 11.8. The van der Waals surface area contributed by atoms with Gasteiger partial charge in [-0.25, -0.2) is 0 Å². The lowest BCUT2D eigenvalue weighted by atomic mass is 10.1. The van der Waals surface area contributed by atoms with Gasteiger partial charge < -0.3 is 0 Å². The maximum Gasteiger partial charge on any atom is 0.179 e. The molecule has 1 aliphatic rings. The Morgan fingerprint density at radius 3 is 2.95 bits per heavy atom. The fraction of sp³-hybridized carbons (Fsp3) is 0.500. The Kier molecular flexibility index (Phi) is 4.01. The molecule has 4 heteroatoms. The Balaban J connectivity index is 1.70. The minimum absolute atomic E-state index is 0.202. The Morgan fingerprint density at radius 2 is 2.20 bits per heavy atom. The van der Waals surface area contributed by atoms with Crippen LogP contribution in [-0.4, -0.2) is 15.6 Å². The number of thiophene rings is 1. The number of hydrogen-bond donors (Lipinski definition) is 0. The Bertz CT molecular complexity index is 593. The van der Waals surface area contributed by atoms with Crippen molar-refractivity contribution in [2.75, 3.05) is 0 Å². The van der Waals surface area contributed by atoms with E-state index in [4.69, 9.17) is 0 Å². The third-order valence-electron chi connectivity index (χ3n) is 4.08. The van der Waals surface area contributed by atoms with Gasteiger partial charge in [-0.2, -0.15) is 5.10 Å². The van der Waals surface area contributed by atoms with Crippen LogP contribution in [0.25, 0.3) is 0 Å². The van der Waals surface area contributed by atoms with Crippen molar-refractivity contribution in [3.05, 3.63) is 39.8 Å². The quantitative estimate of drug-likeness (QED) is 0.778. The zero-order valence-corrected chi connectivity index (χ0v) is 12.7. The Labute approximate surface area is 123 Å². The minimum atomic E-state index is 0.202. The third-order valence-corrected chi connectivity index (χ3v) is 5.08. The summed E-state index contributed by atoms with van der Waals surface area (Å²) in [6.45, 7) is 2.09. The van der Waals surface area contributed by atoms with E-state index >= 15 is 0 Å². The molecule has 0 atom stereocenters. The average molecular weight is 288 g/mol. The van der Waals surface area contributed by atoms with Gasteiger partial charge in [-0.3, -0.25) is 9.48 Å². The molecule has 2 heterocycles. The molecule has 3 rings (SSSR count). The molecule has 0 aromatic carbocycles. The smallest absolute Gasteiger partial charge is 0.179 e. The fourth-order valence-corrected chi connectivity index (χ4v) is 3.88. The summed E-state index contributed by atoms with van der Waals surface area (Å²) in [4.78, 5) is 13.3. The first-order valence-corrected chi connectivity index (χ1v) is 8.29. The van der Waals surface area contributed by atoms with Crippen LogP contribution >= 0.6 is 11.3 Å². The van der Waals surface area contributed by atoms with Crippen LogP contribution in [0.3, 0.4) is 0 Å². The largest absolute Gasteiger partial charge is 0.293 e. The van der Waals surface area contributed by atoms with Crippen LogP contribution in [0.15, 0.2) is 23.7 Å². The summed E-state index contributed by atoms with van der Waals surface area (Å²) >= 11 is 1.55. The number of carbonyl (C=O) groups is 1. The van der Waals surface area contributed by atoms with E-state index in [-0.39, 0.29) is 5.78 Å². The molecule has 0 radical (unpaired) electrons. The fourth-order valence-electron chi connectivity index (χ4n) is 2.95. The second-order valence-electron chi connectivity index (χ2n) is 5.45. The van der Waals surface area contributed by atoms with E-state index in [9.17, 15) is 4.79 Å². The molecule has 0 saturated heterocycles. The maximum absolute atomic E-state index is 12.3. The van der Waals surface area contributed by atoms with Crippen LogP contribution in [0, 0.1) is 0 Å². The van der Waals surface area contributed by atoms with Gasteiger partial charge in [0.2, 0.25) is 0 Å². The number of carbonyl (C=O) groups excluding carboxylic acids is 1. The second-order valence-corrected chi connectivity index (χ2v) is 6.37. The van der Waals surface area contributed by atoms with Gasteiger partial charge in [0.1, 0.15) is 0 Å². The molecule has 1 aliphatic carbocycles. The summed E-state index contributed by atoms with van der Waals surface area (Å²) in [5, 5.41) is 6.60. The second kappa shape index (κ2) is 5.92. The molecule has 0 amide bonds. The van der Waals surface area contributed by atoms with Crippen molar-refractivity contribution in [1.29, 1.82) is 0 Å². The van der Waals surface area contributed by atoms with E-state index in [1.54, 1.807) is 11.3 Å². The van der Waals surface area contributed by atoms with Gasteiger partial charge in [-0.15, -0.1) is 11.3 Å². The highest BCUT2D eigenvalue weighted by molar-refractivity contribution is 7.12. The highest BCUT2D eigenvalue weighted by Gasteiger charge is 2.19. The molecule has 2 aromatic heterocycles. The van der Waals surface area contributed by atoms with E-state index in [2.05, 4.69) is 22.8 Å². The number of aromatic nitrogens is 2. The van der Waals surface area contributed by atoms with Crippen LogP contribution in [0.5, 0.6) is 0 Å². The van der Waals surface area contributed by atoms with Crippen molar-refractivity contribution in [1.82, 2.24) is 9.78 Å². The summed E-state index contributed by atoms with van der Waals surface area (Å²) in [5.41, 5.74) is 2.06. The summed E-state index contributed by atoms with van der Waals surface area (Å²) in [6.07, 6.45) is 8.42. The molecule has 0 bridgehead atoms. The van der Waals surface area contributed by atoms with E-state index in [1.807, 2.05) is 17.6 Å². The molecule has 0 unspecified atom stereocenters. The molecule has 0 spiro atoms. The van der Waals surface area contributed by atoms with Crippen LogP contribution in [0.2, 0.25) is 0 Å². The molecule has 2 aromatic rings. The Hall–Kier alpha value is -1.42. The lowest BCUT2D eigenvalue weighted by Gasteiger charge is -2.08. The molecule has 20 heavy (non-hydrogen) atoms. The predicted molar refractivity (Wildman–Crippen MR) is 81.5 cm³/mol. The van der Waals surface area contributed by atoms with Gasteiger partial charge in [0.05, 0.1) is 23.0 Å². The zero-order chi connectivity index (χ0) is 13.9. The molecule has 1 saturated carbocycles. The molecule has 3 nitrogen and oxygen atoms in total. The monoisotopic (exact) mass is 288 g/mol. The molecule has 0 N–H and O–H groups in total. The number of Topliss-reactive ketones (excluding diaryl/α,β-unsaturated/α-hetero) is 1. The molecule has 1 fully saturated rings. The number of ketones is 1. The Morgan fingerprint density at radius 1 is 1.40 bits per heavy atom. The summed E-state index contributed by atoms with van der Waals surface area (Å²) < 4.78 is 2.06. The van der Waals surface area contributed by atoms with Gasteiger partial charge >= 0.3 is 0 Å². The van der Waals surface area contributed by atoms with Crippen LogP contribution in [0.4, 0.5) is 0 Å². The molecular formula is C16H20N2OS. The van der Waals surface area contributed by atoms with Crippen molar-refractivity contribution in [2.45, 2.75) is 51.5 Å². The van der Waals surface area contributed by atoms with Crippen molar-refractivity contribution in [3.63, 3.8) is 0 Å². The minimum Gasteiger partial charge on any atom is -0.293 e. The van der Waals surface area contributed by atoms with Gasteiger partial charge in [0.25, 0.3) is 0 Å². The van der Waals surface area contributed by atoms with Gasteiger partial charge in [-0.1, -0.05) is 19.8 Å². The third kappa shape index (κ3) is 2.70. The van der Waals surface area contributed by atoms with Crippen LogP contribution in [-0.2, 0) is 12.8 Å². The first-order valence-electron chi connectivity index (χ1n) is 7.41. The average Bonchev–Trinajstić information content (AvgIpc) is 3.19. The van der Waals surface area contributed by atoms with Crippen LogP contribution < -0.4 is 0 Å². The van der Waals surface area contributed by atoms with Crippen molar-refractivity contribution < 1.29 is 4.79 Å². The van der Waals surface area contributed by atoms with Crippen molar-refractivity contribution >= 4 is 17.1 Å². The van der Waals surface area contributed by atoms with Crippen molar-refractivity contribution in [2.24, 2.45) is 0 Å². The van der Waals surface area contributed by atoms with Gasteiger partial charge in [-0.05, 0) is 42.3 Å². The lowest BCUT2D eigenvalue weighted by Crippen LogP contribution is -2.08. The molecule has 0 aliphatic heterocycles. The van der Waals surface area contributed by atoms with Crippen molar-refractivity contribution in [3.8, 4) is 0 Å². The van der Waals surface area contributed by atoms with E-state index in [1.165, 1.54) is 25.7 Å². The number of hydrogen-bond acceptors (Lipinski definition) is 3. The topological polar surface area (TPSA) is 34.9 Å². The highest BCUT2D eigenvalue weighted by atomic mass is 32.1. The van der Waals surface area contributed by atoms with E-state index < -0.39 is 0 Å². The SMILES string of the molecule is CCc1ccsc1C(=O)Cc1ccn(C2CCCC2)n1. The molecular weight excluding hydrogens is 268 g/mol.